The van der Waals surface area contributed by atoms with Crippen LogP contribution in [0.2, 0.25) is 0 Å². The first kappa shape index (κ1) is 27.7. The normalized spacial score (nSPS) is 13.6. The van der Waals surface area contributed by atoms with Gasteiger partial charge in [0.1, 0.15) is 11.2 Å². The Kier molecular flexibility index (Phi) is 5.51. The van der Waals surface area contributed by atoms with E-state index in [4.69, 9.17) is 4.42 Å². The summed E-state index contributed by atoms with van der Waals surface area (Å²) >= 11 is 0. The molecule has 0 atom stereocenters. The topological polar surface area (TPSA) is 13.1 Å². The van der Waals surface area contributed by atoms with Crippen molar-refractivity contribution < 1.29 is 4.42 Å². The Bertz CT molecular complexity index is 3000. The zero-order chi connectivity index (χ0) is 33.1. The van der Waals surface area contributed by atoms with Crippen LogP contribution in [-0.2, 0) is 5.41 Å². The van der Waals surface area contributed by atoms with Crippen LogP contribution in [-0.4, -0.2) is 0 Å². The highest BCUT2D eigenvalue weighted by atomic mass is 16.3. The molecule has 11 rings (SSSR count). The number of hydrogen-bond donors (Lipinski definition) is 0. The predicted octanol–water partition coefficient (Wildman–Crippen LogP) is 13.8. The molecule has 0 saturated heterocycles. The summed E-state index contributed by atoms with van der Waals surface area (Å²) in [5.41, 5.74) is 12.2. The highest BCUT2D eigenvalue weighted by Crippen LogP contribution is 2.55. The number of furan rings is 1. The lowest BCUT2D eigenvalue weighted by Gasteiger charge is -2.23. The van der Waals surface area contributed by atoms with Crippen LogP contribution >= 0.6 is 0 Å². The fourth-order valence-corrected chi connectivity index (χ4v) is 9.19. The lowest BCUT2D eigenvalue weighted by atomic mass is 9.80. The number of fused-ring (bicyclic) bond motifs is 12. The highest BCUT2D eigenvalue weighted by molar-refractivity contribution is 6.25. The van der Waals surface area contributed by atoms with Crippen LogP contribution in [0.3, 0.4) is 0 Å². The van der Waals surface area contributed by atoms with E-state index in [-0.39, 0.29) is 5.41 Å². The Morgan fingerprint density at radius 2 is 1.00 bits per heavy atom. The van der Waals surface area contributed by atoms with Crippen LogP contribution in [0.4, 0.5) is 0 Å². The van der Waals surface area contributed by atoms with E-state index in [2.05, 4.69) is 172 Å². The molecule has 0 N–H and O–H groups in total. The van der Waals surface area contributed by atoms with Crippen molar-refractivity contribution in [1.82, 2.24) is 0 Å². The summed E-state index contributed by atoms with van der Waals surface area (Å²) in [7, 11) is 0. The summed E-state index contributed by atoms with van der Waals surface area (Å²) in [6.45, 7) is 4.78. The second-order valence-corrected chi connectivity index (χ2v) is 14.4. The Morgan fingerprint density at radius 3 is 1.76 bits per heavy atom. The van der Waals surface area contributed by atoms with Gasteiger partial charge in [-0.15, -0.1) is 0 Å². The predicted molar refractivity (Wildman–Crippen MR) is 212 cm³/mol. The van der Waals surface area contributed by atoms with Crippen molar-refractivity contribution in [2.75, 3.05) is 0 Å². The summed E-state index contributed by atoms with van der Waals surface area (Å²) < 4.78 is 6.38. The first-order chi connectivity index (χ1) is 24.6. The highest BCUT2D eigenvalue weighted by Gasteiger charge is 2.37. The van der Waals surface area contributed by atoms with E-state index in [1.165, 1.54) is 98.4 Å². The molecule has 0 unspecified atom stereocenters. The maximum absolute atomic E-state index is 6.38. The Balaban J connectivity index is 1.21. The van der Waals surface area contributed by atoms with Gasteiger partial charge in [0.25, 0.3) is 0 Å². The van der Waals surface area contributed by atoms with Gasteiger partial charge in [-0.3, -0.25) is 0 Å². The molecule has 9 aromatic carbocycles. The lowest BCUT2D eigenvalue weighted by Crippen LogP contribution is -2.15. The van der Waals surface area contributed by atoms with E-state index in [1.54, 1.807) is 0 Å². The molecule has 50 heavy (non-hydrogen) atoms. The minimum absolute atomic E-state index is 0.176. The molecule has 0 aliphatic heterocycles. The van der Waals surface area contributed by atoms with E-state index in [0.29, 0.717) is 0 Å². The molecule has 0 saturated carbocycles. The largest absolute Gasteiger partial charge is 0.456 e. The molecular formula is C49H32O. The molecule has 0 fully saturated rings. The first-order valence-corrected chi connectivity index (χ1v) is 17.5. The molecule has 0 radical (unpaired) electrons. The Hall–Kier alpha value is -6.18. The molecule has 1 nitrogen and oxygen atoms in total. The van der Waals surface area contributed by atoms with Crippen LogP contribution < -0.4 is 0 Å². The van der Waals surface area contributed by atoms with Crippen molar-refractivity contribution in [2.24, 2.45) is 0 Å². The summed E-state index contributed by atoms with van der Waals surface area (Å²) in [6.07, 6.45) is 0. The number of para-hydroxylation sites is 1. The molecule has 10 aromatic rings. The van der Waals surface area contributed by atoms with Crippen molar-refractivity contribution in [1.29, 1.82) is 0 Å². The van der Waals surface area contributed by atoms with Crippen molar-refractivity contribution >= 4 is 65.0 Å². The average Bonchev–Trinajstić information content (AvgIpc) is 3.65. The maximum atomic E-state index is 6.38. The van der Waals surface area contributed by atoms with E-state index < -0.39 is 0 Å². The van der Waals surface area contributed by atoms with Gasteiger partial charge in [0, 0.05) is 21.6 Å². The first-order valence-electron chi connectivity index (χ1n) is 17.5. The second-order valence-electron chi connectivity index (χ2n) is 14.4. The summed E-state index contributed by atoms with van der Waals surface area (Å²) in [4.78, 5) is 0. The van der Waals surface area contributed by atoms with E-state index in [0.717, 1.165) is 11.2 Å². The van der Waals surface area contributed by atoms with Gasteiger partial charge in [-0.25, -0.2) is 0 Å². The van der Waals surface area contributed by atoms with E-state index in [9.17, 15) is 0 Å². The van der Waals surface area contributed by atoms with Crippen molar-refractivity contribution in [3.8, 4) is 33.4 Å². The third-order valence-electron chi connectivity index (χ3n) is 11.4. The summed E-state index contributed by atoms with van der Waals surface area (Å²) in [6, 6.07) is 58.1. The van der Waals surface area contributed by atoms with Crippen molar-refractivity contribution in [2.45, 2.75) is 19.3 Å². The third-order valence-corrected chi connectivity index (χ3v) is 11.4. The van der Waals surface area contributed by atoms with Gasteiger partial charge >= 0.3 is 0 Å². The number of rotatable bonds is 2. The van der Waals surface area contributed by atoms with Crippen LogP contribution in [0.25, 0.3) is 98.4 Å². The summed E-state index contributed by atoms with van der Waals surface area (Å²) in [5.74, 6) is 0. The lowest BCUT2D eigenvalue weighted by molar-refractivity contribution is 0.661. The molecule has 1 heterocycles. The molecule has 0 spiro atoms. The number of benzene rings is 9. The van der Waals surface area contributed by atoms with Crippen molar-refractivity contribution in [3.63, 3.8) is 0 Å². The molecule has 1 aliphatic carbocycles. The molecule has 0 bridgehead atoms. The van der Waals surface area contributed by atoms with Crippen LogP contribution in [0, 0.1) is 0 Å². The van der Waals surface area contributed by atoms with Gasteiger partial charge in [-0.05, 0) is 100 Å². The van der Waals surface area contributed by atoms with Gasteiger partial charge in [0.2, 0.25) is 0 Å². The standard InChI is InChI=1S/C49H32O/c1-49(2)40-26-23-30-24-27-43-48(39-19-9-10-21-42(39)50-43)45(30)47(40)38-25-22-31(28-41(38)49)44-34-15-5-7-17-36(34)46(37-18-8-6-16-35(37)44)33-20-11-13-29-12-3-4-14-32(29)33/h3-28H,1-2H3. The zero-order valence-electron chi connectivity index (χ0n) is 27.9. The Morgan fingerprint density at radius 1 is 0.380 bits per heavy atom. The van der Waals surface area contributed by atoms with Gasteiger partial charge < -0.3 is 4.42 Å². The third kappa shape index (κ3) is 3.62. The zero-order valence-corrected chi connectivity index (χ0v) is 27.9. The molecule has 1 aromatic heterocycles. The molecule has 1 aliphatic rings. The molecular weight excluding hydrogens is 605 g/mol. The van der Waals surface area contributed by atoms with Crippen LogP contribution in [0.1, 0.15) is 25.0 Å². The Labute approximate surface area is 290 Å². The van der Waals surface area contributed by atoms with Gasteiger partial charge in [-0.2, -0.15) is 0 Å². The second kappa shape index (κ2) is 9.94. The van der Waals surface area contributed by atoms with Crippen molar-refractivity contribution in [3.05, 3.63) is 169 Å². The molecule has 234 valence electrons. The monoisotopic (exact) mass is 636 g/mol. The van der Waals surface area contributed by atoms with E-state index >= 15 is 0 Å². The minimum Gasteiger partial charge on any atom is -0.456 e. The smallest absolute Gasteiger partial charge is 0.136 e. The fraction of sp³-hybridized carbons (Fsp3) is 0.0612. The van der Waals surface area contributed by atoms with Crippen LogP contribution in [0.15, 0.2) is 162 Å². The molecule has 0 amide bonds. The quantitative estimate of drug-likeness (QED) is 0.172. The van der Waals surface area contributed by atoms with E-state index in [1.807, 2.05) is 0 Å². The SMILES string of the molecule is CC1(C)c2cc(-c3c4ccccc4c(-c4cccc5ccccc45)c4ccccc34)ccc2-c2c1ccc1ccc3oc4ccccc4c3c21. The minimum atomic E-state index is -0.176. The van der Waals surface area contributed by atoms with Gasteiger partial charge in [-0.1, -0.05) is 153 Å². The van der Waals surface area contributed by atoms with Gasteiger partial charge in [0.15, 0.2) is 0 Å². The number of hydrogen-bond acceptors (Lipinski definition) is 1. The fourth-order valence-electron chi connectivity index (χ4n) is 9.19. The average molecular weight is 637 g/mol. The van der Waals surface area contributed by atoms with Gasteiger partial charge in [0.05, 0.1) is 0 Å². The summed E-state index contributed by atoms with van der Waals surface area (Å²) in [5, 5.41) is 12.6. The maximum Gasteiger partial charge on any atom is 0.136 e. The van der Waals surface area contributed by atoms with Crippen LogP contribution in [0.5, 0.6) is 0 Å². The molecule has 1 heteroatoms.